The Labute approximate surface area is 157 Å². The van der Waals surface area contributed by atoms with Gasteiger partial charge in [0.25, 0.3) is 0 Å². The first-order valence-corrected chi connectivity index (χ1v) is 8.00. The maximum absolute atomic E-state index is 12.9. The minimum absolute atomic E-state index is 0. The number of carbonyl (C=O) groups is 1. The third-order valence-corrected chi connectivity index (χ3v) is 4.27. The number of piperidine rings is 1. The van der Waals surface area contributed by atoms with E-state index < -0.39 is 5.54 Å². The molecule has 1 fully saturated rings. The third-order valence-electron chi connectivity index (χ3n) is 4.27. The van der Waals surface area contributed by atoms with Crippen molar-refractivity contribution in [2.45, 2.75) is 32.2 Å². The van der Waals surface area contributed by atoms with Gasteiger partial charge in [-0.15, -0.1) is 24.8 Å². The minimum Gasteiger partial charge on any atom is -0.353 e. The first-order chi connectivity index (χ1) is 10.4. The second-order valence-electron chi connectivity index (χ2n) is 7.32. The molecule has 1 saturated heterocycles. The van der Waals surface area contributed by atoms with E-state index >= 15 is 0 Å². The van der Waals surface area contributed by atoms with Crippen molar-refractivity contribution in [1.82, 2.24) is 25.3 Å². The molecule has 2 heterocycles. The molecule has 0 spiro atoms. The van der Waals surface area contributed by atoms with Crippen LogP contribution < -0.4 is 10.6 Å². The molecule has 140 valence electrons. The largest absolute Gasteiger partial charge is 0.353 e. The topological polar surface area (TPSA) is 62.2 Å². The van der Waals surface area contributed by atoms with Crippen LogP contribution in [-0.2, 0) is 10.3 Å². The number of rotatable bonds is 6. The van der Waals surface area contributed by atoms with Crippen molar-refractivity contribution in [3.63, 3.8) is 0 Å². The number of hydrogen-bond donors (Lipinski definition) is 2. The van der Waals surface area contributed by atoms with Gasteiger partial charge in [-0.1, -0.05) is 13.8 Å². The molecule has 1 aromatic rings. The van der Waals surface area contributed by atoms with Crippen molar-refractivity contribution in [2.75, 3.05) is 40.3 Å². The van der Waals surface area contributed by atoms with Crippen LogP contribution >= 0.6 is 24.8 Å². The SMILES string of the molecule is CN(C)CC(C)(C)CNC(=O)C1(n2cccn2)CCNCC1.Cl.Cl. The highest BCUT2D eigenvalue weighted by molar-refractivity contribution is 5.85. The van der Waals surface area contributed by atoms with E-state index in [0.717, 1.165) is 32.5 Å². The van der Waals surface area contributed by atoms with E-state index in [1.165, 1.54) is 0 Å². The lowest BCUT2D eigenvalue weighted by atomic mass is 9.86. The van der Waals surface area contributed by atoms with Crippen LogP contribution in [0, 0.1) is 5.41 Å². The zero-order chi connectivity index (χ0) is 16.2. The van der Waals surface area contributed by atoms with Gasteiger partial charge in [0.05, 0.1) is 0 Å². The normalized spacial score (nSPS) is 16.9. The first-order valence-electron chi connectivity index (χ1n) is 8.00. The van der Waals surface area contributed by atoms with Gasteiger partial charge in [-0.05, 0) is 51.5 Å². The van der Waals surface area contributed by atoms with Crippen LogP contribution in [0.4, 0.5) is 0 Å². The molecule has 0 saturated carbocycles. The molecule has 0 bridgehead atoms. The Morgan fingerprint density at radius 2 is 1.96 bits per heavy atom. The maximum atomic E-state index is 12.9. The second kappa shape index (κ2) is 9.61. The van der Waals surface area contributed by atoms with Gasteiger partial charge >= 0.3 is 0 Å². The average molecular weight is 380 g/mol. The van der Waals surface area contributed by atoms with Gasteiger partial charge in [0.1, 0.15) is 5.54 Å². The van der Waals surface area contributed by atoms with Gasteiger partial charge in [-0.3, -0.25) is 9.48 Å². The van der Waals surface area contributed by atoms with Crippen LogP contribution in [-0.4, -0.2) is 60.9 Å². The molecular formula is C16H31Cl2N5O. The molecule has 1 amide bonds. The molecule has 2 rings (SSSR count). The fraction of sp³-hybridized carbons (Fsp3) is 0.750. The standard InChI is InChI=1S/C16H29N5O.2ClH/c1-15(2,13-20(3)4)12-18-14(22)16(6-9-17-10-7-16)21-11-5-8-19-21;;/h5,8,11,17H,6-7,9-10,12-13H2,1-4H3,(H,18,22);2*1H. The Morgan fingerprint density at radius 1 is 1.33 bits per heavy atom. The number of carbonyl (C=O) groups excluding carboxylic acids is 1. The van der Waals surface area contributed by atoms with E-state index in [1.807, 2.05) is 16.9 Å². The zero-order valence-electron chi connectivity index (χ0n) is 15.0. The van der Waals surface area contributed by atoms with Gasteiger partial charge in [-0.25, -0.2) is 0 Å². The molecule has 0 aliphatic carbocycles. The summed E-state index contributed by atoms with van der Waals surface area (Å²) in [6.45, 7) is 7.64. The highest BCUT2D eigenvalue weighted by Gasteiger charge is 2.42. The van der Waals surface area contributed by atoms with Crippen LogP contribution in [0.5, 0.6) is 0 Å². The molecular weight excluding hydrogens is 349 g/mol. The summed E-state index contributed by atoms with van der Waals surface area (Å²) in [6, 6.07) is 1.88. The monoisotopic (exact) mass is 379 g/mol. The summed E-state index contributed by atoms with van der Waals surface area (Å²) in [7, 11) is 4.11. The molecule has 1 aliphatic heterocycles. The summed E-state index contributed by atoms with van der Waals surface area (Å²) in [4.78, 5) is 15.1. The number of nitrogens with zero attached hydrogens (tertiary/aromatic N) is 3. The average Bonchev–Trinajstić information content (AvgIpc) is 2.99. The van der Waals surface area contributed by atoms with Crippen LogP contribution in [0.1, 0.15) is 26.7 Å². The van der Waals surface area contributed by atoms with Crippen molar-refractivity contribution < 1.29 is 4.79 Å². The number of nitrogens with one attached hydrogen (secondary N) is 2. The summed E-state index contributed by atoms with van der Waals surface area (Å²) in [6.07, 6.45) is 5.19. The Balaban J connectivity index is 0.00000264. The Hall–Kier alpha value is -0.820. The number of amides is 1. The predicted molar refractivity (Wildman–Crippen MR) is 102 cm³/mol. The first kappa shape index (κ1) is 23.2. The van der Waals surface area contributed by atoms with Crippen molar-refractivity contribution in [1.29, 1.82) is 0 Å². The third kappa shape index (κ3) is 5.62. The molecule has 6 nitrogen and oxygen atoms in total. The number of aromatic nitrogens is 2. The van der Waals surface area contributed by atoms with E-state index in [9.17, 15) is 4.79 Å². The van der Waals surface area contributed by atoms with Crippen molar-refractivity contribution in [3.8, 4) is 0 Å². The molecule has 0 aromatic carbocycles. The van der Waals surface area contributed by atoms with E-state index in [2.05, 4.69) is 48.6 Å². The quantitative estimate of drug-likeness (QED) is 0.786. The van der Waals surface area contributed by atoms with E-state index in [-0.39, 0.29) is 36.1 Å². The molecule has 2 N–H and O–H groups in total. The van der Waals surface area contributed by atoms with Gasteiger partial charge in [-0.2, -0.15) is 5.10 Å². The second-order valence-corrected chi connectivity index (χ2v) is 7.32. The van der Waals surface area contributed by atoms with E-state index in [1.54, 1.807) is 6.20 Å². The fourth-order valence-electron chi connectivity index (χ4n) is 3.32. The number of halogens is 2. The van der Waals surface area contributed by atoms with Gasteiger partial charge < -0.3 is 15.5 Å². The summed E-state index contributed by atoms with van der Waals surface area (Å²) in [5.74, 6) is 0.0875. The molecule has 1 aromatic heterocycles. The van der Waals surface area contributed by atoms with E-state index in [0.29, 0.717) is 6.54 Å². The molecule has 0 atom stereocenters. The molecule has 8 heteroatoms. The van der Waals surface area contributed by atoms with Gasteiger partial charge in [0.15, 0.2) is 0 Å². The van der Waals surface area contributed by atoms with Crippen molar-refractivity contribution in [3.05, 3.63) is 18.5 Å². The van der Waals surface area contributed by atoms with Gasteiger partial charge in [0.2, 0.25) is 5.91 Å². The maximum Gasteiger partial charge on any atom is 0.248 e. The molecule has 0 radical (unpaired) electrons. The highest BCUT2D eigenvalue weighted by atomic mass is 35.5. The fourth-order valence-corrected chi connectivity index (χ4v) is 3.32. The predicted octanol–water partition coefficient (Wildman–Crippen LogP) is 1.51. The minimum atomic E-state index is -0.553. The summed E-state index contributed by atoms with van der Waals surface area (Å²) < 4.78 is 1.84. The van der Waals surface area contributed by atoms with Crippen LogP contribution in [0.25, 0.3) is 0 Å². The van der Waals surface area contributed by atoms with E-state index in [4.69, 9.17) is 0 Å². The van der Waals surface area contributed by atoms with Crippen LogP contribution in [0.2, 0.25) is 0 Å². The Kier molecular flexibility index (Phi) is 9.28. The highest BCUT2D eigenvalue weighted by Crippen LogP contribution is 2.27. The van der Waals surface area contributed by atoms with Crippen LogP contribution in [0.15, 0.2) is 18.5 Å². The lowest BCUT2D eigenvalue weighted by Gasteiger charge is -2.37. The van der Waals surface area contributed by atoms with Gasteiger partial charge in [0, 0.05) is 25.5 Å². The summed E-state index contributed by atoms with van der Waals surface area (Å²) >= 11 is 0. The van der Waals surface area contributed by atoms with Crippen LogP contribution in [0.3, 0.4) is 0 Å². The molecule has 24 heavy (non-hydrogen) atoms. The summed E-state index contributed by atoms with van der Waals surface area (Å²) in [5, 5.41) is 10.8. The summed E-state index contributed by atoms with van der Waals surface area (Å²) in [5.41, 5.74) is -0.514. The molecule has 0 unspecified atom stereocenters. The van der Waals surface area contributed by atoms with Crippen molar-refractivity contribution in [2.24, 2.45) is 5.41 Å². The number of hydrogen-bond acceptors (Lipinski definition) is 4. The van der Waals surface area contributed by atoms with Crippen molar-refractivity contribution >= 4 is 30.7 Å². The Morgan fingerprint density at radius 3 is 2.46 bits per heavy atom. The smallest absolute Gasteiger partial charge is 0.248 e. The lowest BCUT2D eigenvalue weighted by Crippen LogP contribution is -2.56. The lowest BCUT2D eigenvalue weighted by molar-refractivity contribution is -0.132. The molecule has 1 aliphatic rings. The Bertz CT molecular complexity index is 485. The zero-order valence-corrected chi connectivity index (χ0v) is 16.7.